The quantitative estimate of drug-likeness (QED) is 0.569. The topological polar surface area (TPSA) is 71.8 Å². The molecule has 0 saturated carbocycles. The van der Waals surface area contributed by atoms with E-state index >= 15 is 0 Å². The minimum Gasteiger partial charge on any atom is -0.261 e. The lowest BCUT2D eigenvalue weighted by atomic mass is 10.2. The first-order chi connectivity index (χ1) is 11.2. The second-order valence-corrected chi connectivity index (χ2v) is 5.74. The number of pyridine rings is 1. The summed E-state index contributed by atoms with van der Waals surface area (Å²) in [6.45, 7) is 1.99. The van der Waals surface area contributed by atoms with E-state index in [0.717, 1.165) is 16.9 Å². The molecular weight excluding hydrogens is 308 g/mol. The predicted octanol–water partition coefficient (Wildman–Crippen LogP) is 2.84. The lowest BCUT2D eigenvalue weighted by Crippen LogP contribution is -2.00. The number of aromatic nitrogens is 6. The fourth-order valence-corrected chi connectivity index (χ4v) is 2.63. The molecule has 1 atom stereocenters. The second-order valence-electron chi connectivity index (χ2n) is 5.22. The Morgan fingerprint density at radius 1 is 1.04 bits per heavy atom. The minimum atomic E-state index is -0.362. The minimum absolute atomic E-state index is 0.362. The summed E-state index contributed by atoms with van der Waals surface area (Å²) < 4.78 is 1.80. The first-order valence-electron chi connectivity index (χ1n) is 7.20. The third-order valence-electron chi connectivity index (χ3n) is 3.60. The van der Waals surface area contributed by atoms with Gasteiger partial charge in [-0.25, -0.2) is 14.5 Å². The van der Waals surface area contributed by atoms with Gasteiger partial charge in [0.05, 0.1) is 0 Å². The van der Waals surface area contributed by atoms with Crippen LogP contribution in [-0.2, 0) is 0 Å². The zero-order chi connectivity index (χ0) is 15.8. The van der Waals surface area contributed by atoms with Crippen molar-refractivity contribution < 1.29 is 0 Å². The maximum atomic E-state index is 4.61. The van der Waals surface area contributed by atoms with E-state index in [1.807, 2.05) is 55.5 Å². The Kier molecular flexibility index (Phi) is 3.34. The van der Waals surface area contributed by atoms with Crippen molar-refractivity contribution in [2.24, 2.45) is 0 Å². The van der Waals surface area contributed by atoms with Crippen LogP contribution in [0.15, 0.2) is 48.5 Å². The smallest absolute Gasteiger partial charge is 0.181 e. The molecule has 0 bridgehead atoms. The van der Waals surface area contributed by atoms with Crippen LogP contribution in [0.3, 0.4) is 0 Å². The van der Waals surface area contributed by atoms with Crippen LogP contribution in [0.2, 0.25) is 0 Å². The summed E-state index contributed by atoms with van der Waals surface area (Å²) in [7, 11) is 0. The molecule has 0 amide bonds. The van der Waals surface area contributed by atoms with Gasteiger partial charge in [-0.15, -0.1) is 5.10 Å². The molecule has 0 aliphatic heterocycles. The van der Waals surface area contributed by atoms with Crippen molar-refractivity contribution in [3.63, 3.8) is 0 Å². The van der Waals surface area contributed by atoms with Gasteiger partial charge in [0.2, 0.25) is 0 Å². The second kappa shape index (κ2) is 5.51. The van der Waals surface area contributed by atoms with Gasteiger partial charge in [-0.2, -0.15) is 17.7 Å². The number of nitrogens with one attached hydrogen (secondary N) is 1. The molecule has 4 rings (SSSR count). The number of benzene rings is 1. The van der Waals surface area contributed by atoms with Gasteiger partial charge in [0, 0.05) is 11.3 Å². The maximum absolute atomic E-state index is 4.61. The van der Waals surface area contributed by atoms with Gasteiger partial charge in [-0.1, -0.05) is 36.4 Å². The standard InChI is InChI=1S/C16H14N6S/c1-10-6-5-9-12-17-16(21-22(10)12)13(23)15-18-14(19-20-15)11-7-3-2-4-8-11/h2-9,13,23H,1H3,(H,18,19,20). The summed E-state index contributed by atoms with van der Waals surface area (Å²) in [5, 5.41) is 11.3. The van der Waals surface area contributed by atoms with Crippen molar-refractivity contribution in [1.82, 2.24) is 29.8 Å². The van der Waals surface area contributed by atoms with Gasteiger partial charge in [0.1, 0.15) is 11.1 Å². The highest BCUT2D eigenvalue weighted by molar-refractivity contribution is 7.80. The normalized spacial score (nSPS) is 12.6. The van der Waals surface area contributed by atoms with Crippen molar-refractivity contribution in [1.29, 1.82) is 0 Å². The third-order valence-corrected chi connectivity index (χ3v) is 4.08. The van der Waals surface area contributed by atoms with Gasteiger partial charge in [-0.05, 0) is 19.1 Å². The number of rotatable bonds is 3. The van der Waals surface area contributed by atoms with Crippen molar-refractivity contribution in [3.8, 4) is 11.4 Å². The molecule has 23 heavy (non-hydrogen) atoms. The molecule has 7 heteroatoms. The van der Waals surface area contributed by atoms with Gasteiger partial charge >= 0.3 is 0 Å². The molecule has 0 spiro atoms. The average molecular weight is 322 g/mol. The monoisotopic (exact) mass is 322 g/mol. The SMILES string of the molecule is Cc1cccc2nc(C(S)c3nc(-c4ccccc4)n[nH]3)nn12. The first kappa shape index (κ1) is 14.0. The van der Waals surface area contributed by atoms with E-state index in [1.165, 1.54) is 0 Å². The van der Waals surface area contributed by atoms with Crippen molar-refractivity contribution in [2.45, 2.75) is 12.2 Å². The van der Waals surface area contributed by atoms with Crippen LogP contribution >= 0.6 is 12.6 Å². The van der Waals surface area contributed by atoms with Crippen molar-refractivity contribution in [3.05, 3.63) is 65.9 Å². The number of H-pyrrole nitrogens is 1. The van der Waals surface area contributed by atoms with Crippen molar-refractivity contribution >= 4 is 18.3 Å². The number of fused-ring (bicyclic) bond motifs is 1. The molecule has 0 aliphatic rings. The number of hydrogen-bond acceptors (Lipinski definition) is 5. The molecule has 4 aromatic rings. The molecule has 1 unspecified atom stereocenters. The Balaban J connectivity index is 1.70. The van der Waals surface area contributed by atoms with E-state index in [1.54, 1.807) is 4.52 Å². The Labute approximate surface area is 138 Å². The Hall–Kier alpha value is -2.67. The molecule has 1 aromatic carbocycles. The molecule has 3 aromatic heterocycles. The van der Waals surface area contributed by atoms with E-state index in [4.69, 9.17) is 0 Å². The lowest BCUT2D eigenvalue weighted by molar-refractivity contribution is 0.840. The molecule has 3 heterocycles. The zero-order valence-electron chi connectivity index (χ0n) is 12.4. The van der Waals surface area contributed by atoms with E-state index in [0.29, 0.717) is 17.5 Å². The Bertz CT molecular complexity index is 959. The highest BCUT2D eigenvalue weighted by Crippen LogP contribution is 2.25. The van der Waals surface area contributed by atoms with Crippen LogP contribution in [0.4, 0.5) is 0 Å². The van der Waals surface area contributed by atoms with E-state index in [9.17, 15) is 0 Å². The van der Waals surface area contributed by atoms with Gasteiger partial charge in [-0.3, -0.25) is 5.10 Å². The number of aromatic amines is 1. The molecule has 0 aliphatic carbocycles. The number of aryl methyl sites for hydroxylation is 1. The van der Waals surface area contributed by atoms with Crippen LogP contribution in [-0.4, -0.2) is 29.8 Å². The van der Waals surface area contributed by atoms with Gasteiger partial charge in [0.15, 0.2) is 17.3 Å². The van der Waals surface area contributed by atoms with Crippen LogP contribution in [0.5, 0.6) is 0 Å². The molecule has 1 N–H and O–H groups in total. The van der Waals surface area contributed by atoms with Gasteiger partial charge in [0.25, 0.3) is 0 Å². The number of thiol groups is 1. The molecule has 0 saturated heterocycles. The maximum Gasteiger partial charge on any atom is 0.181 e. The average Bonchev–Trinajstić information content (AvgIpc) is 3.23. The largest absolute Gasteiger partial charge is 0.261 e. The molecule has 114 valence electrons. The van der Waals surface area contributed by atoms with Crippen LogP contribution < -0.4 is 0 Å². The fraction of sp³-hybridized carbons (Fsp3) is 0.125. The summed E-state index contributed by atoms with van der Waals surface area (Å²) in [5.41, 5.74) is 2.76. The van der Waals surface area contributed by atoms with E-state index in [2.05, 4.69) is 37.9 Å². The van der Waals surface area contributed by atoms with Gasteiger partial charge < -0.3 is 0 Å². The summed E-state index contributed by atoms with van der Waals surface area (Å²) in [4.78, 5) is 9.04. The molecule has 0 fully saturated rings. The first-order valence-corrected chi connectivity index (χ1v) is 7.72. The van der Waals surface area contributed by atoms with E-state index < -0.39 is 0 Å². The molecular formula is C16H14N6S. The lowest BCUT2D eigenvalue weighted by Gasteiger charge is -2.00. The molecule has 0 radical (unpaired) electrons. The Morgan fingerprint density at radius 3 is 2.65 bits per heavy atom. The van der Waals surface area contributed by atoms with E-state index in [-0.39, 0.29) is 5.25 Å². The number of nitrogens with zero attached hydrogens (tertiary/aromatic N) is 5. The summed E-state index contributed by atoms with van der Waals surface area (Å²) in [6.07, 6.45) is 0. The highest BCUT2D eigenvalue weighted by Gasteiger charge is 2.20. The zero-order valence-corrected chi connectivity index (χ0v) is 13.3. The Morgan fingerprint density at radius 2 is 1.87 bits per heavy atom. The van der Waals surface area contributed by atoms with Crippen LogP contribution in [0.25, 0.3) is 17.0 Å². The summed E-state index contributed by atoms with van der Waals surface area (Å²) in [5.74, 6) is 1.86. The van der Waals surface area contributed by atoms with Crippen LogP contribution in [0.1, 0.15) is 22.6 Å². The third kappa shape index (κ3) is 2.49. The fourth-order valence-electron chi connectivity index (χ4n) is 2.40. The predicted molar refractivity (Wildman–Crippen MR) is 90.4 cm³/mol. The molecule has 6 nitrogen and oxygen atoms in total. The van der Waals surface area contributed by atoms with Crippen molar-refractivity contribution in [2.75, 3.05) is 0 Å². The highest BCUT2D eigenvalue weighted by atomic mass is 32.1. The van der Waals surface area contributed by atoms with Crippen LogP contribution in [0, 0.1) is 6.92 Å². The number of hydrogen-bond donors (Lipinski definition) is 2. The summed E-state index contributed by atoms with van der Waals surface area (Å²) in [6, 6.07) is 15.7. The summed E-state index contributed by atoms with van der Waals surface area (Å²) >= 11 is 4.61.